The number of aliphatic imine (C=N–C) groups is 1. The van der Waals surface area contributed by atoms with Crippen LogP contribution in [0.1, 0.15) is 79.1 Å². The number of aryl methyl sites for hydroxylation is 4. The summed E-state index contributed by atoms with van der Waals surface area (Å²) in [5, 5.41) is 0. The maximum absolute atomic E-state index is 13.0. The summed E-state index contributed by atoms with van der Waals surface area (Å²) in [6.07, 6.45) is 10.4. The Bertz CT molecular complexity index is 1300. The van der Waals surface area contributed by atoms with Crippen molar-refractivity contribution in [2.75, 3.05) is 12.8 Å². The molecule has 0 radical (unpaired) electrons. The Morgan fingerprint density at radius 1 is 0.947 bits per heavy atom. The van der Waals surface area contributed by atoms with Crippen LogP contribution in [-0.2, 0) is 6.42 Å². The molecule has 0 spiro atoms. The van der Waals surface area contributed by atoms with Gasteiger partial charge in [-0.25, -0.2) is 4.39 Å². The second-order valence-electron chi connectivity index (χ2n) is 10.0. The first-order valence-corrected chi connectivity index (χ1v) is 13.1. The molecule has 0 fully saturated rings. The molecule has 2 aromatic carbocycles. The molecule has 0 saturated heterocycles. The topological polar surface area (TPSA) is 77.3 Å². The number of halogens is 1. The number of hydrogen-bond donors (Lipinski definition) is 2. The van der Waals surface area contributed by atoms with Crippen LogP contribution < -0.4 is 11.5 Å². The van der Waals surface area contributed by atoms with Gasteiger partial charge in [0.15, 0.2) is 0 Å². The lowest BCUT2D eigenvalue weighted by molar-refractivity contribution is 0.618. The molecule has 0 aliphatic heterocycles. The van der Waals surface area contributed by atoms with Gasteiger partial charge >= 0.3 is 0 Å². The van der Waals surface area contributed by atoms with Gasteiger partial charge in [0.1, 0.15) is 5.82 Å². The van der Waals surface area contributed by atoms with Crippen LogP contribution in [0.15, 0.2) is 65.3 Å². The fourth-order valence-electron chi connectivity index (χ4n) is 4.02. The third-order valence-corrected chi connectivity index (χ3v) is 6.49. The van der Waals surface area contributed by atoms with Gasteiger partial charge < -0.3 is 11.5 Å². The number of anilines is 1. The number of nitrogens with two attached hydrogens (primary N) is 2. The van der Waals surface area contributed by atoms with Gasteiger partial charge in [-0.05, 0) is 130 Å². The molecule has 1 aromatic heterocycles. The molecule has 4 nitrogen and oxygen atoms in total. The normalized spacial score (nSPS) is 11.3. The first kappa shape index (κ1) is 30.5. The SMILES string of the molecule is CC(C)=C(N)c1ncc(/C(C)=C/CCCCc2ccc(N)cc2)cc1C.CN=Cc1cc(F)c(C)cc1C. The fourth-order valence-corrected chi connectivity index (χ4v) is 4.02. The number of nitrogens with zero attached hydrogens (tertiary/aromatic N) is 2. The summed E-state index contributed by atoms with van der Waals surface area (Å²) in [6.45, 7) is 12.0. The van der Waals surface area contributed by atoms with Crippen LogP contribution in [0.5, 0.6) is 0 Å². The Balaban J connectivity index is 0.000000352. The Hall–Kier alpha value is -3.73. The molecule has 0 aliphatic rings. The molecule has 0 atom stereocenters. The molecular formula is C33H43FN4. The van der Waals surface area contributed by atoms with Gasteiger partial charge in [-0.2, -0.15) is 0 Å². The molecule has 3 rings (SSSR count). The lowest BCUT2D eigenvalue weighted by Crippen LogP contribution is -2.04. The van der Waals surface area contributed by atoms with E-state index in [1.165, 1.54) is 35.6 Å². The largest absolute Gasteiger partial charge is 0.399 e. The molecule has 3 aromatic rings. The first-order chi connectivity index (χ1) is 18.0. The molecule has 202 valence electrons. The molecular weight excluding hydrogens is 471 g/mol. The zero-order chi connectivity index (χ0) is 28.2. The predicted molar refractivity (Wildman–Crippen MR) is 163 cm³/mol. The van der Waals surface area contributed by atoms with Gasteiger partial charge in [0.25, 0.3) is 0 Å². The van der Waals surface area contributed by atoms with E-state index in [1.54, 1.807) is 20.2 Å². The van der Waals surface area contributed by atoms with Crippen LogP contribution in [0, 0.1) is 26.6 Å². The van der Waals surface area contributed by atoms with Gasteiger partial charge in [0.05, 0.1) is 11.4 Å². The number of hydrogen-bond acceptors (Lipinski definition) is 4. The fraction of sp³-hybridized carbons (Fsp3) is 0.333. The number of benzene rings is 2. The van der Waals surface area contributed by atoms with E-state index in [1.807, 2.05) is 45.2 Å². The van der Waals surface area contributed by atoms with Gasteiger partial charge in [-0.3, -0.25) is 9.98 Å². The Morgan fingerprint density at radius 2 is 1.63 bits per heavy atom. The van der Waals surface area contributed by atoms with E-state index in [4.69, 9.17) is 11.5 Å². The molecule has 0 unspecified atom stereocenters. The molecule has 0 saturated carbocycles. The van der Waals surface area contributed by atoms with Crippen LogP contribution in [0.4, 0.5) is 10.1 Å². The maximum atomic E-state index is 13.0. The van der Waals surface area contributed by atoms with Crippen molar-refractivity contribution in [2.45, 2.75) is 67.2 Å². The smallest absolute Gasteiger partial charge is 0.126 e. The number of rotatable bonds is 8. The van der Waals surface area contributed by atoms with Crippen LogP contribution >= 0.6 is 0 Å². The minimum atomic E-state index is -0.171. The lowest BCUT2D eigenvalue weighted by atomic mass is 10.0. The first-order valence-electron chi connectivity index (χ1n) is 13.1. The van der Waals surface area contributed by atoms with Crippen molar-refractivity contribution in [3.8, 4) is 0 Å². The monoisotopic (exact) mass is 514 g/mol. The van der Waals surface area contributed by atoms with E-state index in [0.717, 1.165) is 52.2 Å². The van der Waals surface area contributed by atoms with Crippen molar-refractivity contribution in [3.05, 3.63) is 105 Å². The van der Waals surface area contributed by atoms with E-state index < -0.39 is 0 Å². The summed E-state index contributed by atoms with van der Waals surface area (Å²) in [4.78, 5) is 8.42. The standard InChI is InChI=1S/C23H31N3.C10H12FN/c1-16(2)22(25)23-18(4)14-20(15-26-23)17(3)8-6-5-7-9-19-10-12-21(24)13-11-19;1-7-4-8(2)10(11)5-9(7)6-12-3/h8,10-15H,5-7,9,24-25H2,1-4H3;4-6H,1-3H3/b17-8+;. The average Bonchev–Trinajstić information content (AvgIpc) is 2.88. The highest BCUT2D eigenvalue weighted by Crippen LogP contribution is 2.21. The predicted octanol–water partition coefficient (Wildman–Crippen LogP) is 7.99. The van der Waals surface area contributed by atoms with Crippen LogP contribution in [0.3, 0.4) is 0 Å². The summed E-state index contributed by atoms with van der Waals surface area (Å²) in [5.41, 5.74) is 23.0. The van der Waals surface area contributed by atoms with Crippen LogP contribution in [-0.4, -0.2) is 18.2 Å². The summed E-state index contributed by atoms with van der Waals surface area (Å²) in [5.74, 6) is -0.171. The minimum Gasteiger partial charge on any atom is -0.399 e. The zero-order valence-electron chi connectivity index (χ0n) is 24.0. The minimum absolute atomic E-state index is 0.171. The Kier molecular flexibility index (Phi) is 11.9. The second-order valence-corrected chi connectivity index (χ2v) is 10.0. The molecule has 4 N–H and O–H groups in total. The van der Waals surface area contributed by atoms with Crippen LogP contribution in [0.25, 0.3) is 11.3 Å². The molecule has 0 amide bonds. The van der Waals surface area contributed by atoms with Gasteiger partial charge in [-0.15, -0.1) is 0 Å². The van der Waals surface area contributed by atoms with E-state index >= 15 is 0 Å². The highest BCUT2D eigenvalue weighted by molar-refractivity contribution is 5.81. The number of allylic oxidation sites excluding steroid dienone is 3. The lowest BCUT2D eigenvalue weighted by Gasteiger charge is -2.10. The van der Waals surface area contributed by atoms with E-state index in [9.17, 15) is 4.39 Å². The van der Waals surface area contributed by atoms with Crippen LogP contribution in [0.2, 0.25) is 0 Å². The van der Waals surface area contributed by atoms with Crippen molar-refractivity contribution in [3.63, 3.8) is 0 Å². The Labute approximate surface area is 228 Å². The molecule has 38 heavy (non-hydrogen) atoms. The molecule has 1 heterocycles. The molecule has 0 aliphatic carbocycles. The van der Waals surface area contributed by atoms with E-state index in [2.05, 4.69) is 48.1 Å². The maximum Gasteiger partial charge on any atom is 0.126 e. The van der Waals surface area contributed by atoms with Crippen molar-refractivity contribution >= 4 is 23.2 Å². The second kappa shape index (κ2) is 14.9. The summed E-state index contributed by atoms with van der Waals surface area (Å²) in [6, 6.07) is 13.7. The van der Waals surface area contributed by atoms with Crippen molar-refractivity contribution < 1.29 is 4.39 Å². The highest BCUT2D eigenvalue weighted by atomic mass is 19.1. The summed E-state index contributed by atoms with van der Waals surface area (Å²) in [7, 11) is 1.68. The van der Waals surface area contributed by atoms with Crippen molar-refractivity contribution in [1.82, 2.24) is 4.98 Å². The number of aromatic nitrogens is 1. The number of pyridine rings is 1. The molecule has 0 bridgehead atoms. The third-order valence-electron chi connectivity index (χ3n) is 6.49. The van der Waals surface area contributed by atoms with Crippen molar-refractivity contribution in [1.29, 1.82) is 0 Å². The molecule has 5 heteroatoms. The number of unbranched alkanes of at least 4 members (excludes halogenated alkanes) is 2. The number of nitrogen functional groups attached to an aromatic ring is 1. The van der Waals surface area contributed by atoms with E-state index in [-0.39, 0.29) is 5.82 Å². The van der Waals surface area contributed by atoms with Gasteiger partial charge in [-0.1, -0.05) is 29.8 Å². The van der Waals surface area contributed by atoms with Crippen molar-refractivity contribution in [2.24, 2.45) is 10.7 Å². The third kappa shape index (κ3) is 9.29. The van der Waals surface area contributed by atoms with Gasteiger partial charge in [0, 0.05) is 25.1 Å². The quantitative estimate of drug-likeness (QED) is 0.182. The zero-order valence-corrected chi connectivity index (χ0v) is 24.0. The average molecular weight is 515 g/mol. The highest BCUT2D eigenvalue weighted by Gasteiger charge is 2.07. The summed E-state index contributed by atoms with van der Waals surface area (Å²) >= 11 is 0. The Morgan fingerprint density at radius 3 is 2.24 bits per heavy atom. The summed E-state index contributed by atoms with van der Waals surface area (Å²) < 4.78 is 13.0. The van der Waals surface area contributed by atoms with Gasteiger partial charge in [0.2, 0.25) is 0 Å². The van der Waals surface area contributed by atoms with E-state index in [0.29, 0.717) is 5.56 Å².